The maximum atomic E-state index is 10.9. The Hall–Kier alpha value is -0.310. The van der Waals surface area contributed by atoms with E-state index in [1.165, 1.54) is 6.26 Å². The van der Waals surface area contributed by atoms with Crippen molar-refractivity contribution in [2.75, 3.05) is 12.0 Å². The lowest BCUT2D eigenvalue weighted by atomic mass is 9.92. The molecule has 0 N–H and O–H groups in total. The zero-order chi connectivity index (χ0) is 9.03. The molecule has 0 radical (unpaired) electrons. The smallest absolute Gasteiger partial charge is 0.147 e. The van der Waals surface area contributed by atoms with Gasteiger partial charge in [-0.15, -0.1) is 0 Å². The largest absolute Gasteiger partial charge is 0.229 e. The molecule has 1 unspecified atom stereocenters. The van der Waals surface area contributed by atoms with Crippen LogP contribution in [0.1, 0.15) is 25.7 Å². The summed E-state index contributed by atoms with van der Waals surface area (Å²) in [5.74, 6) is 0.954. The van der Waals surface area contributed by atoms with Gasteiger partial charge >= 0.3 is 0 Å². The van der Waals surface area contributed by atoms with Gasteiger partial charge < -0.3 is 0 Å². The summed E-state index contributed by atoms with van der Waals surface area (Å²) >= 11 is 0. The number of sulfone groups is 1. The van der Waals surface area contributed by atoms with Crippen LogP contribution in [0, 0.1) is 5.92 Å². The Morgan fingerprint density at radius 3 is 2.67 bits per heavy atom. The summed E-state index contributed by atoms with van der Waals surface area (Å²) in [7, 11) is -2.75. The average molecular weight is 188 g/mol. The second-order valence-electron chi connectivity index (χ2n) is 3.57. The van der Waals surface area contributed by atoms with E-state index in [1.54, 1.807) is 0 Å². The van der Waals surface area contributed by atoms with E-state index in [0.29, 0.717) is 11.7 Å². The lowest BCUT2D eigenvalue weighted by Crippen LogP contribution is -2.10. The van der Waals surface area contributed by atoms with E-state index in [1.807, 2.05) is 0 Å². The van der Waals surface area contributed by atoms with Crippen LogP contribution in [0.15, 0.2) is 12.2 Å². The third-order valence-electron chi connectivity index (χ3n) is 2.27. The van der Waals surface area contributed by atoms with Gasteiger partial charge in [-0.25, -0.2) is 8.42 Å². The predicted molar refractivity (Wildman–Crippen MR) is 50.8 cm³/mol. The summed E-state index contributed by atoms with van der Waals surface area (Å²) < 4.78 is 21.7. The standard InChI is InChI=1S/C9H16O2S/c1-12(10,11)8-7-9-5-3-2-4-6-9/h2-3,9H,4-8H2,1H3. The lowest BCUT2D eigenvalue weighted by molar-refractivity contribution is 0.463. The minimum Gasteiger partial charge on any atom is -0.229 e. The zero-order valence-corrected chi connectivity index (χ0v) is 8.31. The molecule has 1 rings (SSSR count). The molecule has 1 atom stereocenters. The first kappa shape index (κ1) is 9.78. The maximum Gasteiger partial charge on any atom is 0.147 e. The molecule has 0 saturated heterocycles. The van der Waals surface area contributed by atoms with E-state index in [2.05, 4.69) is 12.2 Å². The maximum absolute atomic E-state index is 10.9. The summed E-state index contributed by atoms with van der Waals surface area (Å²) in [5.41, 5.74) is 0. The molecule has 0 amide bonds. The third-order valence-corrected chi connectivity index (χ3v) is 3.25. The summed E-state index contributed by atoms with van der Waals surface area (Å²) in [6.45, 7) is 0. The fraction of sp³-hybridized carbons (Fsp3) is 0.778. The minimum atomic E-state index is -2.75. The monoisotopic (exact) mass is 188 g/mol. The highest BCUT2D eigenvalue weighted by molar-refractivity contribution is 7.90. The molecule has 1 aliphatic carbocycles. The summed E-state index contributed by atoms with van der Waals surface area (Å²) in [5, 5.41) is 0. The second kappa shape index (κ2) is 4.08. The molecule has 0 aromatic carbocycles. The van der Waals surface area contributed by atoms with Crippen molar-refractivity contribution >= 4 is 9.84 Å². The van der Waals surface area contributed by atoms with Crippen molar-refractivity contribution in [3.05, 3.63) is 12.2 Å². The fourth-order valence-electron chi connectivity index (χ4n) is 1.50. The van der Waals surface area contributed by atoms with Gasteiger partial charge in [0.1, 0.15) is 9.84 Å². The van der Waals surface area contributed by atoms with Crippen molar-refractivity contribution in [1.29, 1.82) is 0 Å². The Kier molecular flexibility index (Phi) is 3.32. The summed E-state index contributed by atoms with van der Waals surface area (Å²) in [6, 6.07) is 0. The van der Waals surface area contributed by atoms with Crippen LogP contribution >= 0.6 is 0 Å². The molecule has 1 aliphatic rings. The Balaban J connectivity index is 2.28. The Labute approximate surface area is 74.6 Å². The normalized spacial score (nSPS) is 24.2. The zero-order valence-electron chi connectivity index (χ0n) is 7.49. The van der Waals surface area contributed by atoms with E-state index in [9.17, 15) is 8.42 Å². The summed E-state index contributed by atoms with van der Waals surface area (Å²) in [6.07, 6.45) is 9.83. The Morgan fingerprint density at radius 2 is 2.17 bits per heavy atom. The van der Waals surface area contributed by atoms with Crippen molar-refractivity contribution in [3.63, 3.8) is 0 Å². The van der Waals surface area contributed by atoms with Crippen molar-refractivity contribution in [1.82, 2.24) is 0 Å². The van der Waals surface area contributed by atoms with E-state index in [-0.39, 0.29) is 0 Å². The van der Waals surface area contributed by atoms with Gasteiger partial charge in [0.25, 0.3) is 0 Å². The fourth-order valence-corrected chi connectivity index (χ4v) is 2.26. The molecule has 2 nitrogen and oxygen atoms in total. The van der Waals surface area contributed by atoms with Gasteiger partial charge in [-0.1, -0.05) is 12.2 Å². The van der Waals surface area contributed by atoms with Gasteiger partial charge in [0.05, 0.1) is 5.75 Å². The van der Waals surface area contributed by atoms with Gasteiger partial charge in [0.15, 0.2) is 0 Å². The van der Waals surface area contributed by atoms with Crippen LogP contribution in [0.3, 0.4) is 0 Å². The molecule has 0 aromatic heterocycles. The van der Waals surface area contributed by atoms with E-state index in [4.69, 9.17) is 0 Å². The van der Waals surface area contributed by atoms with E-state index in [0.717, 1.165) is 25.7 Å². The molecule has 0 bridgehead atoms. The van der Waals surface area contributed by atoms with Crippen LogP contribution in [-0.2, 0) is 9.84 Å². The summed E-state index contributed by atoms with van der Waals surface area (Å²) in [4.78, 5) is 0. The van der Waals surface area contributed by atoms with Crippen LogP contribution in [0.2, 0.25) is 0 Å². The van der Waals surface area contributed by atoms with Gasteiger partial charge in [-0.05, 0) is 31.6 Å². The molecule has 12 heavy (non-hydrogen) atoms. The van der Waals surface area contributed by atoms with Gasteiger partial charge in [-0.3, -0.25) is 0 Å². The SMILES string of the molecule is CS(=O)(=O)CCC1CC=CCC1. The van der Waals surface area contributed by atoms with Crippen LogP contribution in [-0.4, -0.2) is 20.4 Å². The van der Waals surface area contributed by atoms with Crippen LogP contribution in [0.25, 0.3) is 0 Å². The number of allylic oxidation sites excluding steroid dienone is 2. The highest BCUT2D eigenvalue weighted by Crippen LogP contribution is 2.21. The molecule has 0 fully saturated rings. The molecule has 0 heterocycles. The first-order valence-corrected chi connectivity index (χ1v) is 6.47. The molecule has 0 aromatic rings. The molecule has 0 aliphatic heterocycles. The Bertz CT molecular complexity index is 252. The van der Waals surface area contributed by atoms with Crippen LogP contribution in [0.4, 0.5) is 0 Å². The van der Waals surface area contributed by atoms with Gasteiger partial charge in [0, 0.05) is 6.26 Å². The first-order valence-electron chi connectivity index (χ1n) is 4.40. The highest BCUT2D eigenvalue weighted by atomic mass is 32.2. The van der Waals surface area contributed by atoms with Crippen molar-refractivity contribution in [3.8, 4) is 0 Å². The van der Waals surface area contributed by atoms with Crippen LogP contribution < -0.4 is 0 Å². The van der Waals surface area contributed by atoms with Gasteiger partial charge in [0.2, 0.25) is 0 Å². The minimum absolute atomic E-state index is 0.353. The van der Waals surface area contributed by atoms with Gasteiger partial charge in [-0.2, -0.15) is 0 Å². The highest BCUT2D eigenvalue weighted by Gasteiger charge is 2.12. The third kappa shape index (κ3) is 3.90. The molecule has 3 heteroatoms. The molecular formula is C9H16O2S. The van der Waals surface area contributed by atoms with Crippen molar-refractivity contribution in [2.45, 2.75) is 25.7 Å². The quantitative estimate of drug-likeness (QED) is 0.633. The molecule has 70 valence electrons. The van der Waals surface area contributed by atoms with Crippen molar-refractivity contribution in [2.24, 2.45) is 5.92 Å². The van der Waals surface area contributed by atoms with E-state index < -0.39 is 9.84 Å². The molecule has 0 spiro atoms. The Morgan fingerprint density at radius 1 is 1.42 bits per heavy atom. The number of rotatable bonds is 3. The van der Waals surface area contributed by atoms with Crippen molar-refractivity contribution < 1.29 is 8.42 Å². The molecule has 0 saturated carbocycles. The average Bonchev–Trinajstić information content (AvgIpc) is 2.02. The van der Waals surface area contributed by atoms with Crippen LogP contribution in [0.5, 0.6) is 0 Å². The topological polar surface area (TPSA) is 34.1 Å². The second-order valence-corrected chi connectivity index (χ2v) is 5.83. The first-order chi connectivity index (χ1) is 5.58. The lowest BCUT2D eigenvalue weighted by Gasteiger charge is -2.16. The molecular weight excluding hydrogens is 172 g/mol. The number of hydrogen-bond donors (Lipinski definition) is 0. The van der Waals surface area contributed by atoms with E-state index >= 15 is 0 Å². The predicted octanol–water partition coefficient (Wildman–Crippen LogP) is 1.78. The number of hydrogen-bond acceptors (Lipinski definition) is 2.